The molecule has 1 fully saturated rings. The third-order valence-electron chi connectivity index (χ3n) is 8.74. The minimum absolute atomic E-state index is 0.0435. The Balaban J connectivity index is 1.67. The molecular formula is C32H40O8Si. The van der Waals surface area contributed by atoms with E-state index in [1.54, 1.807) is 32.4 Å². The Bertz CT molecular complexity index is 1450. The number of ether oxygens (including phenoxy) is 5. The Morgan fingerprint density at radius 1 is 1.00 bits per heavy atom. The first-order chi connectivity index (χ1) is 19.4. The molecule has 1 aliphatic carbocycles. The molecule has 0 radical (unpaired) electrons. The zero-order chi connectivity index (χ0) is 29.6. The van der Waals surface area contributed by atoms with Crippen LogP contribution in [0.15, 0.2) is 42.5 Å². The van der Waals surface area contributed by atoms with Crippen LogP contribution in [0, 0.1) is 0 Å². The van der Waals surface area contributed by atoms with Crippen LogP contribution in [0.25, 0.3) is 10.8 Å². The van der Waals surface area contributed by atoms with Crippen LogP contribution in [0.4, 0.5) is 0 Å². The summed E-state index contributed by atoms with van der Waals surface area (Å²) in [6.45, 7) is 12.4. The zero-order valence-corrected chi connectivity index (χ0v) is 26.0. The fourth-order valence-electron chi connectivity index (χ4n) is 5.64. The summed E-state index contributed by atoms with van der Waals surface area (Å²) in [4.78, 5) is 13.5. The lowest BCUT2D eigenvalue weighted by molar-refractivity contribution is -0.187. The van der Waals surface area contributed by atoms with Crippen molar-refractivity contribution in [2.24, 2.45) is 0 Å². The van der Waals surface area contributed by atoms with Gasteiger partial charge < -0.3 is 33.2 Å². The van der Waals surface area contributed by atoms with Crippen LogP contribution in [0.1, 0.15) is 54.6 Å². The minimum Gasteiger partial charge on any atom is -0.507 e. The predicted octanol–water partition coefficient (Wildman–Crippen LogP) is 6.53. The van der Waals surface area contributed by atoms with E-state index in [0.717, 1.165) is 10.8 Å². The van der Waals surface area contributed by atoms with Gasteiger partial charge in [0.15, 0.2) is 14.1 Å². The standard InChI is InChI=1S/C32H40O8Si/c1-31(2,3)41(6,7)40-17-14-37-30-22(18-27(36-5)21-11-9-13-26(35-4)28(21)30)23-19-25(34)20-10-8-12-24(33)29(20)32(23)38-15-16-39-32/h8-13,18,23,33H,14-17,19H2,1-7H3. The molecule has 3 aromatic carbocycles. The number of benzene rings is 3. The highest BCUT2D eigenvalue weighted by Gasteiger charge is 2.55. The van der Waals surface area contributed by atoms with Crippen LogP contribution >= 0.6 is 0 Å². The van der Waals surface area contributed by atoms with Gasteiger partial charge in [0.2, 0.25) is 5.79 Å². The number of carbonyl (C=O) groups is 1. The fourth-order valence-corrected chi connectivity index (χ4v) is 6.67. The van der Waals surface area contributed by atoms with E-state index in [4.69, 9.17) is 28.1 Å². The summed E-state index contributed by atoms with van der Waals surface area (Å²) < 4.78 is 37.3. The summed E-state index contributed by atoms with van der Waals surface area (Å²) in [5, 5.41) is 12.6. The van der Waals surface area contributed by atoms with E-state index in [-0.39, 0.29) is 29.6 Å². The molecule has 1 spiro atoms. The molecule has 1 saturated heterocycles. The van der Waals surface area contributed by atoms with Gasteiger partial charge in [0, 0.05) is 22.9 Å². The van der Waals surface area contributed by atoms with Crippen LogP contribution in [0.3, 0.4) is 0 Å². The van der Waals surface area contributed by atoms with E-state index in [2.05, 4.69) is 33.9 Å². The first-order valence-corrected chi connectivity index (χ1v) is 16.9. The smallest absolute Gasteiger partial charge is 0.206 e. The lowest BCUT2D eigenvalue weighted by Crippen LogP contribution is -2.42. The lowest BCUT2D eigenvalue weighted by Gasteiger charge is -2.41. The molecule has 5 rings (SSSR count). The molecule has 3 aromatic rings. The number of phenols is 1. The Labute approximate surface area is 242 Å². The normalized spacial score (nSPS) is 18.5. The highest BCUT2D eigenvalue weighted by Crippen LogP contribution is 2.57. The lowest BCUT2D eigenvalue weighted by atomic mass is 9.73. The summed E-state index contributed by atoms with van der Waals surface area (Å²) in [5.41, 5.74) is 1.43. The van der Waals surface area contributed by atoms with Gasteiger partial charge in [-0.1, -0.05) is 45.0 Å². The van der Waals surface area contributed by atoms with Crippen molar-refractivity contribution in [3.63, 3.8) is 0 Å². The van der Waals surface area contributed by atoms with Gasteiger partial charge in [-0.3, -0.25) is 4.79 Å². The molecule has 1 aliphatic heterocycles. The molecular weight excluding hydrogens is 540 g/mol. The summed E-state index contributed by atoms with van der Waals surface area (Å²) in [7, 11) is 1.23. The van der Waals surface area contributed by atoms with Crippen LogP contribution in [0.5, 0.6) is 23.0 Å². The summed E-state index contributed by atoms with van der Waals surface area (Å²) >= 11 is 0. The minimum atomic E-state index is -1.99. The Hall–Kier alpha value is -3.11. The molecule has 9 heteroatoms. The molecule has 0 aromatic heterocycles. The summed E-state index contributed by atoms with van der Waals surface area (Å²) in [6.07, 6.45) is 0.0943. The van der Waals surface area contributed by atoms with Gasteiger partial charge in [-0.05, 0) is 36.3 Å². The maximum absolute atomic E-state index is 13.5. The van der Waals surface area contributed by atoms with Crippen molar-refractivity contribution in [2.75, 3.05) is 40.6 Å². The predicted molar refractivity (Wildman–Crippen MR) is 159 cm³/mol. The quantitative estimate of drug-likeness (QED) is 0.237. The summed E-state index contributed by atoms with van der Waals surface area (Å²) in [6, 6.07) is 12.5. The van der Waals surface area contributed by atoms with Gasteiger partial charge in [-0.15, -0.1) is 0 Å². The van der Waals surface area contributed by atoms with Crippen molar-refractivity contribution in [3.05, 3.63) is 59.2 Å². The first-order valence-electron chi connectivity index (χ1n) is 14.0. The van der Waals surface area contributed by atoms with Crippen LogP contribution in [-0.4, -0.2) is 59.9 Å². The van der Waals surface area contributed by atoms with Crippen molar-refractivity contribution in [2.45, 2.75) is 57.0 Å². The summed E-state index contributed by atoms with van der Waals surface area (Å²) in [5.74, 6) is -0.400. The van der Waals surface area contributed by atoms with Gasteiger partial charge in [0.25, 0.3) is 0 Å². The van der Waals surface area contributed by atoms with Crippen molar-refractivity contribution >= 4 is 24.9 Å². The van der Waals surface area contributed by atoms with Gasteiger partial charge in [0.1, 0.15) is 29.6 Å². The molecule has 0 bridgehead atoms. The number of rotatable bonds is 8. The number of hydrogen-bond acceptors (Lipinski definition) is 8. The molecule has 2 aliphatic rings. The second-order valence-corrected chi connectivity index (χ2v) is 16.9. The molecule has 1 N–H and O–H groups in total. The Kier molecular flexibility index (Phi) is 7.84. The molecule has 0 saturated carbocycles. The second-order valence-electron chi connectivity index (χ2n) is 12.1. The molecule has 220 valence electrons. The largest absolute Gasteiger partial charge is 0.507 e. The van der Waals surface area contributed by atoms with Gasteiger partial charge >= 0.3 is 0 Å². The number of carbonyl (C=O) groups excluding carboxylic acids is 1. The molecule has 8 nitrogen and oxygen atoms in total. The topological polar surface area (TPSA) is 92.7 Å². The second kappa shape index (κ2) is 10.9. The third-order valence-corrected chi connectivity index (χ3v) is 13.3. The number of methoxy groups -OCH3 is 2. The van der Waals surface area contributed by atoms with E-state index < -0.39 is 20.0 Å². The first kappa shape index (κ1) is 29.4. The number of phenolic OH excluding ortho intramolecular Hbond substituents is 1. The van der Waals surface area contributed by atoms with Crippen LogP contribution in [0.2, 0.25) is 18.1 Å². The zero-order valence-electron chi connectivity index (χ0n) is 25.0. The molecule has 1 atom stereocenters. The fraction of sp³-hybridized carbons (Fsp3) is 0.469. The number of hydrogen-bond donors (Lipinski definition) is 1. The SMILES string of the molecule is COc1cc(C2CC(=O)c3cccc(O)c3C23OCCO3)c(OCCO[Si](C)(C)C(C)(C)C)c2c(OC)cccc12. The van der Waals surface area contributed by atoms with E-state index in [1.807, 2.05) is 24.3 Å². The van der Waals surface area contributed by atoms with Crippen LogP contribution < -0.4 is 14.2 Å². The Morgan fingerprint density at radius 2 is 1.68 bits per heavy atom. The molecule has 1 heterocycles. The van der Waals surface area contributed by atoms with Crippen molar-refractivity contribution in [1.29, 1.82) is 0 Å². The van der Waals surface area contributed by atoms with Crippen LogP contribution in [-0.2, 0) is 19.7 Å². The average Bonchev–Trinajstić information content (AvgIpc) is 3.42. The average molecular weight is 581 g/mol. The van der Waals surface area contributed by atoms with E-state index >= 15 is 0 Å². The number of Topliss-reactive ketones (excluding diaryl/α,β-unsaturated/α-hetero) is 1. The maximum atomic E-state index is 13.5. The van der Waals surface area contributed by atoms with E-state index in [0.29, 0.717) is 53.8 Å². The number of fused-ring (bicyclic) bond motifs is 3. The van der Waals surface area contributed by atoms with Crippen molar-refractivity contribution in [1.82, 2.24) is 0 Å². The Morgan fingerprint density at radius 3 is 2.34 bits per heavy atom. The number of ketones is 1. The van der Waals surface area contributed by atoms with Gasteiger partial charge in [0.05, 0.1) is 50.9 Å². The highest BCUT2D eigenvalue weighted by molar-refractivity contribution is 6.74. The molecule has 0 amide bonds. The maximum Gasteiger partial charge on any atom is 0.206 e. The van der Waals surface area contributed by atoms with E-state index in [1.165, 1.54) is 0 Å². The monoisotopic (exact) mass is 580 g/mol. The van der Waals surface area contributed by atoms with Crippen molar-refractivity contribution < 1.29 is 38.0 Å². The van der Waals surface area contributed by atoms with Gasteiger partial charge in [-0.25, -0.2) is 0 Å². The molecule has 1 unspecified atom stereocenters. The third kappa shape index (κ3) is 4.99. The van der Waals surface area contributed by atoms with E-state index in [9.17, 15) is 9.90 Å². The van der Waals surface area contributed by atoms with Crippen molar-refractivity contribution in [3.8, 4) is 23.0 Å². The number of aromatic hydroxyl groups is 1. The molecule has 41 heavy (non-hydrogen) atoms. The highest BCUT2D eigenvalue weighted by atomic mass is 28.4. The van der Waals surface area contributed by atoms with Gasteiger partial charge in [-0.2, -0.15) is 0 Å².